The fourth-order valence-electron chi connectivity index (χ4n) is 9.87. The molecule has 390 valence electrons. The van der Waals surface area contributed by atoms with Gasteiger partial charge in [0.1, 0.15) is 16.7 Å². The van der Waals surface area contributed by atoms with E-state index < -0.39 is 75.7 Å². The average Bonchev–Trinajstić information content (AvgIpc) is 3.63. The zero-order valence-electron chi connectivity index (χ0n) is 44.3. The normalized spacial score (nSPS) is 16.7. The Hall–Kier alpha value is -2.47. The molecule has 0 saturated carbocycles. The molecule has 3 aromatic carbocycles. The number of anilines is 1. The predicted octanol–water partition coefficient (Wildman–Crippen LogP) is 0.911. The molecule has 0 atom stereocenters. The van der Waals surface area contributed by atoms with Crippen molar-refractivity contribution < 1.29 is 155 Å². The number of allylic oxidation sites excluding steroid dienone is 8. The Morgan fingerprint density at radius 2 is 1.45 bits per heavy atom. The molecule has 2 aliphatic heterocycles. The van der Waals surface area contributed by atoms with Crippen LogP contribution in [0.3, 0.4) is 0 Å². The Bertz CT molecular complexity index is 3110. The zero-order chi connectivity index (χ0) is 53.3. The number of Topliss-reactive ketones (excluding diaryl/α,β-unsaturated/α-hetero) is 1. The summed E-state index contributed by atoms with van der Waals surface area (Å²) in [6.45, 7) is 15.2. The average molecular weight is 1120 g/mol. The van der Waals surface area contributed by atoms with Gasteiger partial charge in [-0.05, 0) is 112 Å². The quantitative estimate of drug-likeness (QED) is 0.0392. The number of fused-ring (bicyclic) bond motifs is 2. The van der Waals surface area contributed by atoms with Gasteiger partial charge in [-0.1, -0.05) is 69.0 Å². The van der Waals surface area contributed by atoms with Crippen LogP contribution in [-0.4, -0.2) is 84.6 Å². The molecule has 0 amide bonds. The van der Waals surface area contributed by atoms with Gasteiger partial charge in [0.05, 0.1) is 26.0 Å². The molecule has 0 bridgehead atoms. The molecule has 0 fully saturated rings. The van der Waals surface area contributed by atoms with Crippen molar-refractivity contribution >= 4 is 65.3 Å². The van der Waals surface area contributed by atoms with Crippen molar-refractivity contribution in [3.8, 4) is 0 Å². The number of carbonyl (C=O) groups excluding carboxylic acids is 1. The molecule has 3 aliphatic rings. The number of ketones is 1. The SMILES string of the molecule is O=S(=O)=O.[CH2-]CCCN1C(=CC=C2CCCC(C=CC3=[N+](CCCCS(=O)(=O)[O-])c4ccc(S(=O)(=O)[O-])cc4C3(C)C)=C2c2ccc(C(=O)CCCCCCC(=O)O)c(F)c2F)C(C)(C)c2cc(C)ccc21.[Na+].[Na+].[Na+]. The van der Waals surface area contributed by atoms with Crippen molar-refractivity contribution in [1.82, 2.24) is 0 Å². The molecule has 1 aliphatic carbocycles. The van der Waals surface area contributed by atoms with Gasteiger partial charge in [-0.2, -0.15) is 11.0 Å². The van der Waals surface area contributed by atoms with Crippen LogP contribution in [0.25, 0.3) is 5.57 Å². The summed E-state index contributed by atoms with van der Waals surface area (Å²) in [4.78, 5) is 26.1. The largest absolute Gasteiger partial charge is 1.00 e. The third-order valence-electron chi connectivity index (χ3n) is 13.5. The maximum Gasteiger partial charge on any atom is 1.00 e. The number of carbonyl (C=O) groups is 2. The van der Waals surface area contributed by atoms with Crippen LogP contribution in [0.5, 0.6) is 0 Å². The molecule has 2 heterocycles. The molecule has 0 radical (unpaired) electrons. The van der Waals surface area contributed by atoms with Gasteiger partial charge < -0.3 is 26.0 Å². The Labute approximate surface area is 508 Å². The number of carboxylic acid groups (broad SMARTS) is 1. The van der Waals surface area contributed by atoms with E-state index in [1.54, 1.807) is 0 Å². The van der Waals surface area contributed by atoms with E-state index in [0.717, 1.165) is 41.9 Å². The first kappa shape index (κ1) is 68.6. The molecule has 6 rings (SSSR count). The van der Waals surface area contributed by atoms with Gasteiger partial charge in [0, 0.05) is 71.6 Å². The maximum absolute atomic E-state index is 16.8. The van der Waals surface area contributed by atoms with Crippen molar-refractivity contribution in [3.63, 3.8) is 0 Å². The van der Waals surface area contributed by atoms with Crippen LogP contribution in [0.4, 0.5) is 20.2 Å². The van der Waals surface area contributed by atoms with Gasteiger partial charge in [0.2, 0.25) is 5.69 Å². The summed E-state index contributed by atoms with van der Waals surface area (Å²) in [6, 6.07) is 13.3. The van der Waals surface area contributed by atoms with E-state index in [9.17, 15) is 35.5 Å². The first-order chi connectivity index (χ1) is 33.7. The molecule has 0 spiro atoms. The Morgan fingerprint density at radius 1 is 0.800 bits per heavy atom. The van der Waals surface area contributed by atoms with Crippen molar-refractivity contribution in [2.75, 3.05) is 23.7 Å². The third-order valence-corrected chi connectivity index (χ3v) is 15.1. The topological polar surface area (TPSA) is 226 Å². The van der Waals surface area contributed by atoms with Crippen LogP contribution >= 0.6 is 0 Å². The summed E-state index contributed by atoms with van der Waals surface area (Å²) < 4.78 is 131. The van der Waals surface area contributed by atoms with Crippen LogP contribution in [-0.2, 0) is 46.5 Å². The monoisotopic (exact) mass is 1120 g/mol. The van der Waals surface area contributed by atoms with Crippen LogP contribution in [0, 0.1) is 25.5 Å². The molecule has 3 aromatic rings. The fourth-order valence-corrected chi connectivity index (χ4v) is 10.9. The van der Waals surface area contributed by atoms with Gasteiger partial charge in [-0.15, -0.1) is 12.6 Å². The number of aliphatic carboxylic acids is 1. The Balaban J connectivity index is 0.00000265. The van der Waals surface area contributed by atoms with E-state index in [1.807, 2.05) is 36.7 Å². The number of hydrogen-bond acceptors (Lipinski definition) is 12. The van der Waals surface area contributed by atoms with E-state index in [0.29, 0.717) is 73.1 Å². The second-order valence-corrected chi connectivity index (χ2v) is 22.6. The number of rotatable bonds is 21. The van der Waals surface area contributed by atoms with Crippen LogP contribution in [0.1, 0.15) is 144 Å². The van der Waals surface area contributed by atoms with Gasteiger partial charge in [0.25, 0.3) is 0 Å². The van der Waals surface area contributed by atoms with Gasteiger partial charge in [0.15, 0.2) is 23.1 Å². The third kappa shape index (κ3) is 17.8. The smallest absolute Gasteiger partial charge is 0.748 e. The van der Waals surface area contributed by atoms with Crippen molar-refractivity contribution in [1.29, 1.82) is 0 Å². The summed E-state index contributed by atoms with van der Waals surface area (Å²) in [5.41, 5.74) is 6.49. The summed E-state index contributed by atoms with van der Waals surface area (Å²) in [5, 5.41) is 8.93. The predicted molar refractivity (Wildman–Crippen MR) is 269 cm³/mol. The molecule has 0 saturated heterocycles. The molecule has 0 aromatic heterocycles. The van der Waals surface area contributed by atoms with E-state index in [4.69, 9.17) is 17.7 Å². The molecular weight excluding hydrogens is 1060 g/mol. The molecule has 14 nitrogen and oxygen atoms in total. The number of benzene rings is 3. The number of aryl methyl sites for hydroxylation is 1. The number of halogens is 2. The fraction of sp³-hybridized carbons (Fsp3) is 0.434. The molecule has 1 N–H and O–H groups in total. The number of carboxylic acids is 1. The van der Waals surface area contributed by atoms with Crippen molar-refractivity contribution in [2.45, 2.75) is 134 Å². The van der Waals surface area contributed by atoms with Gasteiger partial charge >= 0.3 is 105 Å². The molecule has 0 unspecified atom stereocenters. The molecule has 75 heavy (non-hydrogen) atoms. The summed E-state index contributed by atoms with van der Waals surface area (Å²) in [6.07, 6.45) is 13.4. The summed E-state index contributed by atoms with van der Waals surface area (Å²) >= 11 is 0. The Kier molecular flexibility index (Phi) is 27.1. The molecular formula is C53H62F2N2Na3O12S3+. The number of hydrogen-bond donors (Lipinski definition) is 1. The second kappa shape index (κ2) is 29.7. The van der Waals surface area contributed by atoms with Crippen molar-refractivity contribution in [3.05, 3.63) is 136 Å². The van der Waals surface area contributed by atoms with Crippen molar-refractivity contribution in [2.24, 2.45) is 0 Å². The second-order valence-electron chi connectivity index (χ2n) is 19.3. The minimum Gasteiger partial charge on any atom is -0.748 e. The van der Waals surface area contributed by atoms with E-state index in [-0.39, 0.29) is 132 Å². The van der Waals surface area contributed by atoms with Gasteiger partial charge in [-0.25, -0.2) is 25.6 Å². The minimum atomic E-state index is -4.82. The van der Waals surface area contributed by atoms with Crippen LogP contribution in [0.2, 0.25) is 0 Å². The maximum atomic E-state index is 16.8. The molecule has 22 heteroatoms. The van der Waals surface area contributed by atoms with Crippen LogP contribution < -0.4 is 93.6 Å². The van der Waals surface area contributed by atoms with E-state index in [2.05, 4.69) is 56.9 Å². The van der Waals surface area contributed by atoms with Gasteiger partial charge in [-0.3, -0.25) is 9.59 Å². The summed E-state index contributed by atoms with van der Waals surface area (Å²) in [7, 11) is -12.4. The Morgan fingerprint density at radius 3 is 2.07 bits per heavy atom. The van der Waals surface area contributed by atoms with E-state index >= 15 is 8.78 Å². The van der Waals surface area contributed by atoms with E-state index in [1.165, 1.54) is 35.9 Å². The zero-order valence-corrected chi connectivity index (χ0v) is 52.7. The number of nitrogens with zero attached hydrogens (tertiary/aromatic N) is 2. The standard InChI is InChI=1S/C53H64F2N2O9S2.3Na.O3S/c1-7-8-30-56-43-26-20-35(2)33-41(43)52(3,4)46(56)28-21-36-16-15-17-37(49(36)40-25-24-39(50(54)51(40)55)45(58)18-11-9-10-12-19-48(59)60)22-29-47-53(5,6)42-34-38(68(64,65)66)23-27-44(42)57(47)31-13-14-32-67(61,62)63;;;;1-4(2)3/h20-29,33-34H,1,7-19,30-32H2,2-6H3,(H,59,60)(H,61,62,63)(H,64,65,66);;;;/q;3*+1;/p-2. The first-order valence-corrected chi connectivity index (χ1v) is 27.9. The first-order valence-electron chi connectivity index (χ1n) is 23.9. The summed E-state index contributed by atoms with van der Waals surface area (Å²) in [5.74, 6) is -4.43. The van der Waals surface area contributed by atoms with Crippen LogP contribution in [0.15, 0.2) is 94.6 Å². The minimum absolute atomic E-state index is 0. The number of unbranched alkanes of at least 4 members (excludes halogenated alkanes) is 5.